The first-order valence-corrected chi connectivity index (χ1v) is 13.8. The van der Waals surface area contributed by atoms with Crippen molar-refractivity contribution >= 4 is 5.97 Å². The van der Waals surface area contributed by atoms with E-state index in [1.54, 1.807) is 30.3 Å². The number of carbonyl (C=O) groups is 1. The Hall–Kier alpha value is -3.35. The highest BCUT2D eigenvalue weighted by molar-refractivity contribution is 5.92. The molecule has 0 aliphatic heterocycles. The molecule has 0 bridgehead atoms. The third kappa shape index (κ3) is 8.07. The second kappa shape index (κ2) is 15.3. The molecule has 0 heterocycles. The van der Waals surface area contributed by atoms with Crippen molar-refractivity contribution in [1.82, 2.24) is 0 Å². The van der Waals surface area contributed by atoms with Crippen molar-refractivity contribution in [1.29, 1.82) is 0 Å². The molecular formula is C32H36F4O3. The van der Waals surface area contributed by atoms with Crippen molar-refractivity contribution < 1.29 is 31.8 Å². The van der Waals surface area contributed by atoms with Crippen LogP contribution < -0.4 is 9.47 Å². The fourth-order valence-electron chi connectivity index (χ4n) is 4.33. The molecule has 0 unspecified atom stereocenters. The van der Waals surface area contributed by atoms with Gasteiger partial charge >= 0.3 is 5.97 Å². The van der Waals surface area contributed by atoms with Crippen LogP contribution in [0.1, 0.15) is 87.6 Å². The van der Waals surface area contributed by atoms with E-state index in [1.165, 1.54) is 12.1 Å². The highest BCUT2D eigenvalue weighted by Crippen LogP contribution is 2.39. The SMILES string of the molecule is CCCCCCCCOc1cc(-c2ccccc2)c(F)c(F)c1OC(=O)c1ccc(CCCCC)c(F)c1F. The predicted molar refractivity (Wildman–Crippen MR) is 145 cm³/mol. The normalized spacial score (nSPS) is 11.0. The smallest absolute Gasteiger partial charge is 0.346 e. The first kappa shape index (κ1) is 30.2. The monoisotopic (exact) mass is 544 g/mol. The van der Waals surface area contributed by atoms with Gasteiger partial charge in [0.1, 0.15) is 0 Å². The van der Waals surface area contributed by atoms with E-state index < -0.39 is 40.6 Å². The zero-order chi connectivity index (χ0) is 28.2. The Balaban J connectivity index is 1.87. The van der Waals surface area contributed by atoms with Gasteiger partial charge in [-0.25, -0.2) is 18.0 Å². The standard InChI is InChI=1S/C32H36F4O3/c1-3-5-7-8-9-14-20-38-26-21-25(22-15-12-10-13-16-22)29(35)30(36)31(26)39-32(37)24-19-18-23(17-11-6-4-2)27(33)28(24)34/h10,12-13,15-16,18-19,21H,3-9,11,14,17,20H2,1-2H3. The molecule has 3 aromatic carbocycles. The number of unbranched alkanes of at least 4 members (excludes halogenated alkanes) is 7. The summed E-state index contributed by atoms with van der Waals surface area (Å²) in [6, 6.07) is 12.0. The summed E-state index contributed by atoms with van der Waals surface area (Å²) < 4.78 is 70.8. The lowest BCUT2D eigenvalue weighted by molar-refractivity contribution is 0.0713. The summed E-state index contributed by atoms with van der Waals surface area (Å²) in [7, 11) is 0. The Morgan fingerprint density at radius 2 is 1.38 bits per heavy atom. The van der Waals surface area contributed by atoms with Crippen molar-refractivity contribution in [3.05, 3.63) is 82.9 Å². The number of rotatable bonds is 15. The molecule has 0 fully saturated rings. The Morgan fingerprint density at radius 1 is 0.718 bits per heavy atom. The van der Waals surface area contributed by atoms with E-state index in [4.69, 9.17) is 9.47 Å². The van der Waals surface area contributed by atoms with Crippen LogP contribution in [-0.2, 0) is 6.42 Å². The van der Waals surface area contributed by atoms with Crippen LogP contribution in [0.3, 0.4) is 0 Å². The Kier molecular flexibility index (Phi) is 11.8. The predicted octanol–water partition coefficient (Wildman–Crippen LogP) is 9.60. The number of halogens is 4. The summed E-state index contributed by atoms with van der Waals surface area (Å²) in [5.41, 5.74) is -0.229. The van der Waals surface area contributed by atoms with E-state index in [9.17, 15) is 13.6 Å². The highest BCUT2D eigenvalue weighted by Gasteiger charge is 2.27. The molecule has 210 valence electrons. The van der Waals surface area contributed by atoms with E-state index in [0.717, 1.165) is 51.0 Å². The maximum atomic E-state index is 15.3. The summed E-state index contributed by atoms with van der Waals surface area (Å²) in [5, 5.41) is 0. The summed E-state index contributed by atoms with van der Waals surface area (Å²) >= 11 is 0. The lowest BCUT2D eigenvalue weighted by atomic mass is 10.0. The van der Waals surface area contributed by atoms with Crippen LogP contribution in [0.15, 0.2) is 48.5 Å². The third-order valence-electron chi connectivity index (χ3n) is 6.59. The van der Waals surface area contributed by atoms with Crippen LogP contribution in [0.25, 0.3) is 11.1 Å². The quantitative estimate of drug-likeness (QED) is 0.0827. The minimum Gasteiger partial charge on any atom is -0.490 e. The van der Waals surface area contributed by atoms with Gasteiger partial charge < -0.3 is 9.47 Å². The molecule has 3 rings (SSSR count). The number of hydrogen-bond donors (Lipinski definition) is 0. The molecule has 0 saturated carbocycles. The second-order valence-electron chi connectivity index (χ2n) is 9.61. The van der Waals surface area contributed by atoms with Crippen LogP contribution in [0, 0.1) is 23.3 Å². The Bertz CT molecular complexity index is 1230. The van der Waals surface area contributed by atoms with Crippen molar-refractivity contribution in [2.75, 3.05) is 6.61 Å². The topological polar surface area (TPSA) is 35.5 Å². The first-order valence-electron chi connectivity index (χ1n) is 13.8. The molecule has 0 radical (unpaired) electrons. The van der Waals surface area contributed by atoms with Crippen molar-refractivity contribution in [3.63, 3.8) is 0 Å². The van der Waals surface area contributed by atoms with E-state index in [2.05, 4.69) is 6.92 Å². The van der Waals surface area contributed by atoms with Crippen LogP contribution in [0.5, 0.6) is 11.5 Å². The minimum absolute atomic E-state index is 0.0699. The van der Waals surface area contributed by atoms with Gasteiger partial charge in [0.2, 0.25) is 11.6 Å². The maximum Gasteiger partial charge on any atom is 0.346 e. The van der Waals surface area contributed by atoms with E-state index in [-0.39, 0.29) is 23.5 Å². The molecule has 0 amide bonds. The number of ether oxygens (including phenoxy) is 2. The van der Waals surface area contributed by atoms with Gasteiger partial charge in [0, 0.05) is 5.56 Å². The van der Waals surface area contributed by atoms with Gasteiger partial charge in [-0.3, -0.25) is 0 Å². The molecule has 0 saturated heterocycles. The number of benzene rings is 3. The van der Waals surface area contributed by atoms with Gasteiger partial charge in [0.05, 0.1) is 12.2 Å². The van der Waals surface area contributed by atoms with Gasteiger partial charge in [0.15, 0.2) is 23.2 Å². The summed E-state index contributed by atoms with van der Waals surface area (Å²) in [6.07, 6.45) is 8.70. The summed E-state index contributed by atoms with van der Waals surface area (Å²) in [5.74, 6) is -7.55. The maximum absolute atomic E-state index is 15.3. The second-order valence-corrected chi connectivity index (χ2v) is 9.61. The van der Waals surface area contributed by atoms with Crippen LogP contribution in [-0.4, -0.2) is 12.6 Å². The van der Waals surface area contributed by atoms with Gasteiger partial charge in [-0.05, 0) is 42.5 Å². The van der Waals surface area contributed by atoms with E-state index >= 15 is 8.78 Å². The molecule has 3 aromatic rings. The molecule has 0 atom stereocenters. The molecule has 3 nitrogen and oxygen atoms in total. The van der Waals surface area contributed by atoms with E-state index in [0.29, 0.717) is 24.8 Å². The van der Waals surface area contributed by atoms with Gasteiger partial charge in [-0.15, -0.1) is 0 Å². The number of aryl methyl sites for hydroxylation is 1. The molecular weight excluding hydrogens is 508 g/mol. The van der Waals surface area contributed by atoms with Crippen molar-refractivity contribution in [2.24, 2.45) is 0 Å². The molecule has 0 spiro atoms. The molecule has 39 heavy (non-hydrogen) atoms. The van der Waals surface area contributed by atoms with Gasteiger partial charge in [-0.1, -0.05) is 95.2 Å². The van der Waals surface area contributed by atoms with Gasteiger partial charge in [-0.2, -0.15) is 4.39 Å². The first-order chi connectivity index (χ1) is 18.9. The zero-order valence-electron chi connectivity index (χ0n) is 22.6. The van der Waals surface area contributed by atoms with Gasteiger partial charge in [0.25, 0.3) is 0 Å². The van der Waals surface area contributed by atoms with Crippen LogP contribution in [0.4, 0.5) is 17.6 Å². The molecule has 7 heteroatoms. The fraction of sp³-hybridized carbons (Fsp3) is 0.406. The largest absolute Gasteiger partial charge is 0.490 e. The third-order valence-corrected chi connectivity index (χ3v) is 6.59. The number of hydrogen-bond acceptors (Lipinski definition) is 3. The highest BCUT2D eigenvalue weighted by atomic mass is 19.2. The molecule has 0 N–H and O–H groups in total. The average molecular weight is 545 g/mol. The Morgan fingerprint density at radius 3 is 2.10 bits per heavy atom. The lowest BCUT2D eigenvalue weighted by Crippen LogP contribution is -2.15. The molecule has 0 aliphatic carbocycles. The number of carbonyl (C=O) groups excluding carboxylic acids is 1. The fourth-order valence-corrected chi connectivity index (χ4v) is 4.33. The Labute approximate surface area is 228 Å². The number of esters is 1. The van der Waals surface area contributed by atoms with E-state index in [1.807, 2.05) is 6.92 Å². The van der Waals surface area contributed by atoms with Crippen molar-refractivity contribution in [3.8, 4) is 22.6 Å². The average Bonchev–Trinajstić information content (AvgIpc) is 2.94. The lowest BCUT2D eigenvalue weighted by Gasteiger charge is -2.16. The minimum atomic E-state index is -1.44. The summed E-state index contributed by atoms with van der Waals surface area (Å²) in [6.45, 7) is 4.31. The molecule has 0 aliphatic rings. The zero-order valence-corrected chi connectivity index (χ0v) is 22.6. The van der Waals surface area contributed by atoms with Crippen LogP contribution in [0.2, 0.25) is 0 Å². The van der Waals surface area contributed by atoms with Crippen molar-refractivity contribution in [2.45, 2.75) is 78.1 Å². The van der Waals surface area contributed by atoms with Crippen LogP contribution >= 0.6 is 0 Å². The summed E-state index contributed by atoms with van der Waals surface area (Å²) in [4.78, 5) is 12.8. The molecule has 0 aromatic heterocycles.